The van der Waals surface area contributed by atoms with Crippen LogP contribution in [0.4, 0.5) is 0 Å². The van der Waals surface area contributed by atoms with Crippen LogP contribution in [0.25, 0.3) is 0 Å². The molecule has 1 saturated heterocycles. The van der Waals surface area contributed by atoms with E-state index >= 15 is 0 Å². The predicted octanol–water partition coefficient (Wildman–Crippen LogP) is 0.588. The average Bonchev–Trinajstić information content (AvgIpc) is 1.94. The van der Waals surface area contributed by atoms with Gasteiger partial charge in [0.1, 0.15) is 0 Å². The van der Waals surface area contributed by atoms with E-state index in [1.165, 1.54) is 0 Å². The minimum Gasteiger partial charge on any atom is -0.384 e. The van der Waals surface area contributed by atoms with Crippen molar-refractivity contribution in [1.29, 1.82) is 0 Å². The monoisotopic (exact) mass is 153 g/mol. The van der Waals surface area contributed by atoms with Crippen molar-refractivity contribution in [3.05, 3.63) is 0 Å². The summed E-state index contributed by atoms with van der Waals surface area (Å²) in [4.78, 5) is 2.33. The van der Waals surface area contributed by atoms with Gasteiger partial charge in [0, 0.05) is 26.1 Å². The lowest BCUT2D eigenvalue weighted by Crippen LogP contribution is -2.48. The molecule has 2 heteroatoms. The molecule has 11 heavy (non-hydrogen) atoms. The van der Waals surface area contributed by atoms with Crippen LogP contribution in [-0.4, -0.2) is 38.3 Å². The molecule has 0 aromatic carbocycles. The molecule has 0 atom stereocenters. The lowest BCUT2D eigenvalue weighted by molar-refractivity contribution is 0.0433. The smallest absolute Gasteiger partial charge is 0.0601 e. The van der Waals surface area contributed by atoms with Gasteiger partial charge in [-0.3, -0.25) is 4.90 Å². The summed E-state index contributed by atoms with van der Waals surface area (Å²) in [6.07, 6.45) is 0. The first-order chi connectivity index (χ1) is 5.36. The lowest BCUT2D eigenvalue weighted by Gasteiger charge is -2.37. The Balaban J connectivity index is 2.03. The number of hydrogen-bond acceptors (Lipinski definition) is 2. The zero-order chi connectivity index (χ0) is 8.10. The summed E-state index contributed by atoms with van der Waals surface area (Å²) in [7, 11) is 1.76. The Hall–Kier alpha value is -0.520. The van der Waals surface area contributed by atoms with Gasteiger partial charge in [-0.05, 0) is 6.92 Å². The van der Waals surface area contributed by atoms with Gasteiger partial charge in [0.05, 0.1) is 13.2 Å². The second kappa shape index (κ2) is 4.38. The Morgan fingerprint density at radius 2 is 2.27 bits per heavy atom. The molecule has 1 fully saturated rings. The molecule has 0 saturated carbocycles. The lowest BCUT2D eigenvalue weighted by atomic mass is 10.0. The molecule has 1 aliphatic heterocycles. The standard InChI is InChI=1S/C9H15NO/c1-3-4-5-10-6-9(7-10)8-11-2/h9H,5-8H2,1-2H3. The fourth-order valence-electron chi connectivity index (χ4n) is 1.34. The molecule has 0 unspecified atom stereocenters. The second-order valence-electron chi connectivity index (χ2n) is 2.94. The van der Waals surface area contributed by atoms with Crippen LogP contribution >= 0.6 is 0 Å². The zero-order valence-corrected chi connectivity index (χ0v) is 7.26. The van der Waals surface area contributed by atoms with Crippen LogP contribution in [-0.2, 0) is 4.74 Å². The highest BCUT2D eigenvalue weighted by atomic mass is 16.5. The fraction of sp³-hybridized carbons (Fsp3) is 0.778. The third-order valence-corrected chi connectivity index (χ3v) is 1.91. The highest BCUT2D eigenvalue weighted by Gasteiger charge is 2.24. The molecule has 0 N–H and O–H groups in total. The Kier molecular flexibility index (Phi) is 3.41. The first-order valence-electron chi connectivity index (χ1n) is 3.97. The van der Waals surface area contributed by atoms with Crippen LogP contribution in [0.15, 0.2) is 0 Å². The van der Waals surface area contributed by atoms with E-state index in [4.69, 9.17) is 4.74 Å². The topological polar surface area (TPSA) is 12.5 Å². The molecule has 0 aliphatic carbocycles. The van der Waals surface area contributed by atoms with Crippen LogP contribution < -0.4 is 0 Å². The highest BCUT2D eigenvalue weighted by Crippen LogP contribution is 2.13. The minimum atomic E-state index is 0.749. The van der Waals surface area contributed by atoms with Crippen LogP contribution in [0.2, 0.25) is 0 Å². The van der Waals surface area contributed by atoms with Gasteiger partial charge in [-0.2, -0.15) is 0 Å². The molecule has 0 radical (unpaired) electrons. The van der Waals surface area contributed by atoms with Gasteiger partial charge in [0.15, 0.2) is 0 Å². The molecule has 1 rings (SSSR count). The quantitative estimate of drug-likeness (QED) is 0.550. The van der Waals surface area contributed by atoms with Crippen molar-refractivity contribution in [2.24, 2.45) is 5.92 Å². The molecule has 1 heterocycles. The Morgan fingerprint density at radius 3 is 2.82 bits per heavy atom. The van der Waals surface area contributed by atoms with Crippen LogP contribution in [0.5, 0.6) is 0 Å². The Bertz CT molecular complexity index is 162. The molecule has 1 aliphatic rings. The first kappa shape index (κ1) is 8.58. The molecular formula is C9H15NO. The number of nitrogens with zero attached hydrogens (tertiary/aromatic N) is 1. The van der Waals surface area contributed by atoms with Crippen LogP contribution in [0.3, 0.4) is 0 Å². The molecule has 62 valence electrons. The molecular weight excluding hydrogens is 138 g/mol. The number of hydrogen-bond donors (Lipinski definition) is 0. The van der Waals surface area contributed by atoms with Gasteiger partial charge in [-0.1, -0.05) is 5.92 Å². The van der Waals surface area contributed by atoms with Gasteiger partial charge in [0.2, 0.25) is 0 Å². The molecule has 0 bridgehead atoms. The molecule has 2 nitrogen and oxygen atoms in total. The third-order valence-electron chi connectivity index (χ3n) is 1.91. The summed E-state index contributed by atoms with van der Waals surface area (Å²) in [5.41, 5.74) is 0. The van der Waals surface area contributed by atoms with Gasteiger partial charge in [0.25, 0.3) is 0 Å². The largest absolute Gasteiger partial charge is 0.384 e. The SMILES string of the molecule is CC#CCN1CC(COC)C1. The summed E-state index contributed by atoms with van der Waals surface area (Å²) in [6, 6.07) is 0. The van der Waals surface area contributed by atoms with Crippen molar-refractivity contribution >= 4 is 0 Å². The van der Waals surface area contributed by atoms with Crippen LogP contribution in [0.1, 0.15) is 6.92 Å². The maximum Gasteiger partial charge on any atom is 0.0601 e. The van der Waals surface area contributed by atoms with E-state index in [-0.39, 0.29) is 0 Å². The van der Waals surface area contributed by atoms with E-state index in [2.05, 4.69) is 16.7 Å². The normalized spacial score (nSPS) is 18.7. The van der Waals surface area contributed by atoms with Gasteiger partial charge >= 0.3 is 0 Å². The predicted molar refractivity (Wildman–Crippen MR) is 45.3 cm³/mol. The van der Waals surface area contributed by atoms with Crippen molar-refractivity contribution < 1.29 is 4.74 Å². The summed E-state index contributed by atoms with van der Waals surface area (Å²) in [5.74, 6) is 6.69. The summed E-state index contributed by atoms with van der Waals surface area (Å²) in [5, 5.41) is 0. The van der Waals surface area contributed by atoms with Crippen molar-refractivity contribution in [1.82, 2.24) is 4.90 Å². The molecule has 0 amide bonds. The Labute approximate surface area is 68.5 Å². The van der Waals surface area contributed by atoms with Crippen molar-refractivity contribution in [2.75, 3.05) is 33.4 Å². The van der Waals surface area contributed by atoms with Crippen LogP contribution in [0, 0.1) is 17.8 Å². The van der Waals surface area contributed by atoms with Gasteiger partial charge in [-0.15, -0.1) is 5.92 Å². The highest BCUT2D eigenvalue weighted by molar-refractivity contribution is 4.99. The summed E-state index contributed by atoms with van der Waals surface area (Å²) >= 11 is 0. The fourth-order valence-corrected chi connectivity index (χ4v) is 1.34. The number of likely N-dealkylation sites (tertiary alicyclic amines) is 1. The van der Waals surface area contributed by atoms with E-state index in [1.807, 2.05) is 6.92 Å². The maximum absolute atomic E-state index is 5.04. The Morgan fingerprint density at radius 1 is 1.55 bits per heavy atom. The third kappa shape index (κ3) is 2.53. The summed E-state index contributed by atoms with van der Waals surface area (Å²) < 4.78 is 5.04. The average molecular weight is 153 g/mol. The number of ether oxygens (including phenoxy) is 1. The van der Waals surface area contributed by atoms with Crippen molar-refractivity contribution in [3.63, 3.8) is 0 Å². The van der Waals surface area contributed by atoms with Crippen molar-refractivity contribution in [2.45, 2.75) is 6.92 Å². The maximum atomic E-state index is 5.04. The number of methoxy groups -OCH3 is 1. The van der Waals surface area contributed by atoms with E-state index in [9.17, 15) is 0 Å². The molecule has 0 aromatic rings. The van der Waals surface area contributed by atoms with E-state index in [0.29, 0.717) is 0 Å². The van der Waals surface area contributed by atoms with E-state index < -0.39 is 0 Å². The van der Waals surface area contributed by atoms with E-state index in [1.54, 1.807) is 7.11 Å². The van der Waals surface area contributed by atoms with Gasteiger partial charge < -0.3 is 4.74 Å². The molecule has 0 spiro atoms. The first-order valence-corrected chi connectivity index (χ1v) is 3.97. The second-order valence-corrected chi connectivity index (χ2v) is 2.94. The minimum absolute atomic E-state index is 0.749. The van der Waals surface area contributed by atoms with Gasteiger partial charge in [-0.25, -0.2) is 0 Å². The van der Waals surface area contributed by atoms with Crippen molar-refractivity contribution in [3.8, 4) is 11.8 Å². The number of rotatable bonds is 3. The van der Waals surface area contributed by atoms with E-state index in [0.717, 1.165) is 32.2 Å². The zero-order valence-electron chi connectivity index (χ0n) is 7.26. The molecule has 0 aromatic heterocycles. The summed E-state index contributed by atoms with van der Waals surface area (Å²) in [6.45, 7) is 6.02.